The maximum absolute atomic E-state index is 11.1. The molecule has 0 radical (unpaired) electrons. The molecule has 0 saturated carbocycles. The van der Waals surface area contributed by atoms with Gasteiger partial charge < -0.3 is 10.2 Å². The Labute approximate surface area is 90.7 Å². The lowest BCUT2D eigenvalue weighted by Crippen LogP contribution is -2.03. The molecular formula is C9H11NO4S. The number of nitrogens with zero attached hydrogens (tertiary/aromatic N) is 1. The summed E-state index contributed by atoms with van der Waals surface area (Å²) in [6.07, 6.45) is 0.0834. The van der Waals surface area contributed by atoms with Crippen molar-refractivity contribution in [1.29, 1.82) is 0 Å². The van der Waals surface area contributed by atoms with Gasteiger partial charge in [-0.1, -0.05) is 0 Å². The van der Waals surface area contributed by atoms with E-state index in [2.05, 4.69) is 0 Å². The van der Waals surface area contributed by atoms with E-state index in [4.69, 9.17) is 0 Å². The molecule has 0 aliphatic rings. The van der Waals surface area contributed by atoms with Gasteiger partial charge in [0.2, 0.25) is 0 Å². The first kappa shape index (κ1) is 11.6. The molecular weight excluding hydrogens is 218 g/mol. The van der Waals surface area contributed by atoms with Crippen LogP contribution < -0.4 is 0 Å². The standard InChI is InChI=1S/C9H11NO4S/c1-6(11)15-9(14)4-5-10-7(12)2-3-8(10)13/h2-3,12-13H,4-5H2,1H3. The number of hydrogen-bond acceptors (Lipinski definition) is 5. The lowest BCUT2D eigenvalue weighted by atomic mass is 10.4. The van der Waals surface area contributed by atoms with Crippen LogP contribution in [-0.4, -0.2) is 25.0 Å². The largest absolute Gasteiger partial charge is 0.494 e. The van der Waals surface area contributed by atoms with Gasteiger partial charge in [0, 0.05) is 32.0 Å². The van der Waals surface area contributed by atoms with E-state index in [1.54, 1.807) is 0 Å². The van der Waals surface area contributed by atoms with Gasteiger partial charge in [0.1, 0.15) is 0 Å². The van der Waals surface area contributed by atoms with E-state index in [0.29, 0.717) is 11.8 Å². The third kappa shape index (κ3) is 3.32. The van der Waals surface area contributed by atoms with Crippen molar-refractivity contribution in [3.8, 4) is 11.8 Å². The third-order valence-corrected chi connectivity index (χ3v) is 2.45. The van der Waals surface area contributed by atoms with Gasteiger partial charge in [0.25, 0.3) is 0 Å². The zero-order valence-electron chi connectivity index (χ0n) is 8.14. The minimum Gasteiger partial charge on any atom is -0.494 e. The molecule has 5 nitrogen and oxygen atoms in total. The number of aromatic hydroxyl groups is 2. The van der Waals surface area contributed by atoms with Crippen molar-refractivity contribution in [3.05, 3.63) is 12.1 Å². The van der Waals surface area contributed by atoms with Crippen molar-refractivity contribution in [2.24, 2.45) is 0 Å². The van der Waals surface area contributed by atoms with E-state index in [1.165, 1.54) is 23.6 Å². The Morgan fingerprint density at radius 3 is 2.33 bits per heavy atom. The first-order valence-corrected chi connectivity index (χ1v) is 5.11. The van der Waals surface area contributed by atoms with Gasteiger partial charge >= 0.3 is 0 Å². The fourth-order valence-corrected chi connectivity index (χ4v) is 1.60. The highest BCUT2D eigenvalue weighted by molar-refractivity contribution is 8.26. The SMILES string of the molecule is CC(=O)SC(=O)CCn1c(O)ccc1O. The van der Waals surface area contributed by atoms with E-state index in [9.17, 15) is 19.8 Å². The van der Waals surface area contributed by atoms with Crippen LogP contribution in [0.4, 0.5) is 0 Å². The number of carbonyl (C=O) groups is 2. The van der Waals surface area contributed by atoms with E-state index in [-0.39, 0.29) is 35.0 Å². The van der Waals surface area contributed by atoms with Gasteiger partial charge in [-0.15, -0.1) is 0 Å². The molecule has 1 aromatic heterocycles. The number of aromatic nitrogens is 1. The second-order valence-electron chi connectivity index (χ2n) is 2.92. The average molecular weight is 229 g/mol. The number of thioether (sulfide) groups is 1. The summed E-state index contributed by atoms with van der Waals surface area (Å²) < 4.78 is 1.19. The van der Waals surface area contributed by atoms with Crippen molar-refractivity contribution < 1.29 is 19.8 Å². The summed E-state index contributed by atoms with van der Waals surface area (Å²) in [5, 5.41) is 17.9. The average Bonchev–Trinajstić information content (AvgIpc) is 2.42. The molecule has 0 spiro atoms. The van der Waals surface area contributed by atoms with Gasteiger partial charge in [-0.25, -0.2) is 0 Å². The predicted octanol–water partition coefficient (Wildman–Crippen LogP) is 1.10. The van der Waals surface area contributed by atoms with Gasteiger partial charge in [-0.05, 0) is 11.8 Å². The van der Waals surface area contributed by atoms with E-state index < -0.39 is 0 Å². The Balaban J connectivity index is 2.50. The summed E-state index contributed by atoms with van der Waals surface area (Å²) in [6.45, 7) is 1.47. The first-order chi connectivity index (χ1) is 7.00. The molecule has 0 amide bonds. The van der Waals surface area contributed by atoms with Crippen LogP contribution in [0.25, 0.3) is 0 Å². The van der Waals surface area contributed by atoms with Crippen LogP contribution in [0.2, 0.25) is 0 Å². The van der Waals surface area contributed by atoms with Crippen molar-refractivity contribution in [1.82, 2.24) is 4.57 Å². The summed E-state index contributed by atoms with van der Waals surface area (Å²) in [4.78, 5) is 21.7. The Kier molecular flexibility index (Phi) is 3.79. The molecule has 0 aliphatic heterocycles. The third-order valence-electron chi connectivity index (χ3n) is 1.73. The molecule has 0 saturated heterocycles. The van der Waals surface area contributed by atoms with Crippen molar-refractivity contribution in [2.75, 3.05) is 0 Å². The minimum atomic E-state index is -0.282. The predicted molar refractivity (Wildman–Crippen MR) is 55.7 cm³/mol. The summed E-state index contributed by atoms with van der Waals surface area (Å²) in [6, 6.07) is 2.66. The monoisotopic (exact) mass is 229 g/mol. The molecule has 82 valence electrons. The van der Waals surface area contributed by atoms with Gasteiger partial charge in [0.15, 0.2) is 22.0 Å². The molecule has 0 unspecified atom stereocenters. The van der Waals surface area contributed by atoms with Gasteiger partial charge in [0.05, 0.1) is 0 Å². The number of rotatable bonds is 3. The molecule has 0 fully saturated rings. The van der Waals surface area contributed by atoms with Crippen molar-refractivity contribution in [3.63, 3.8) is 0 Å². The second kappa shape index (κ2) is 4.88. The highest BCUT2D eigenvalue weighted by atomic mass is 32.2. The summed E-state index contributed by atoms with van der Waals surface area (Å²) >= 11 is 0.634. The maximum Gasteiger partial charge on any atom is 0.198 e. The fourth-order valence-electron chi connectivity index (χ4n) is 1.09. The molecule has 6 heteroatoms. The lowest BCUT2D eigenvalue weighted by Gasteiger charge is -2.04. The lowest BCUT2D eigenvalue weighted by molar-refractivity contribution is -0.112. The van der Waals surface area contributed by atoms with E-state index >= 15 is 0 Å². The smallest absolute Gasteiger partial charge is 0.198 e. The highest BCUT2D eigenvalue weighted by Crippen LogP contribution is 2.21. The molecule has 0 bridgehead atoms. The number of hydrogen-bond donors (Lipinski definition) is 2. The van der Waals surface area contributed by atoms with Crippen LogP contribution in [0, 0.1) is 0 Å². The topological polar surface area (TPSA) is 79.5 Å². The van der Waals surface area contributed by atoms with Crippen LogP contribution >= 0.6 is 11.8 Å². The molecule has 0 atom stereocenters. The van der Waals surface area contributed by atoms with Crippen molar-refractivity contribution in [2.45, 2.75) is 19.9 Å². The van der Waals surface area contributed by atoms with E-state index in [0.717, 1.165) is 0 Å². The summed E-state index contributed by atoms with van der Waals surface area (Å²) in [5.41, 5.74) is 0. The fraction of sp³-hybridized carbons (Fsp3) is 0.333. The summed E-state index contributed by atoms with van der Waals surface area (Å²) in [7, 11) is 0. The van der Waals surface area contributed by atoms with Gasteiger partial charge in [-0.3, -0.25) is 14.2 Å². The molecule has 15 heavy (non-hydrogen) atoms. The Hall–Kier alpha value is -1.43. The zero-order chi connectivity index (χ0) is 11.4. The minimum absolute atomic E-state index is 0.0834. The van der Waals surface area contributed by atoms with Crippen LogP contribution in [-0.2, 0) is 16.1 Å². The molecule has 2 N–H and O–H groups in total. The molecule has 0 aromatic carbocycles. The Morgan fingerprint density at radius 2 is 1.87 bits per heavy atom. The highest BCUT2D eigenvalue weighted by Gasteiger charge is 2.10. The normalized spacial score (nSPS) is 10.2. The molecule has 1 rings (SSSR count). The summed E-state index contributed by atoms with van der Waals surface area (Å²) in [5.74, 6) is -0.207. The van der Waals surface area contributed by atoms with Crippen LogP contribution in [0.3, 0.4) is 0 Å². The van der Waals surface area contributed by atoms with Crippen molar-refractivity contribution >= 4 is 22.0 Å². The molecule has 0 aliphatic carbocycles. The van der Waals surface area contributed by atoms with Crippen LogP contribution in [0.5, 0.6) is 11.8 Å². The first-order valence-electron chi connectivity index (χ1n) is 4.29. The van der Waals surface area contributed by atoms with Gasteiger partial charge in [-0.2, -0.15) is 0 Å². The Bertz CT molecular complexity index is 366. The van der Waals surface area contributed by atoms with E-state index in [1.807, 2.05) is 0 Å². The second-order valence-corrected chi connectivity index (χ2v) is 4.15. The number of carbonyl (C=O) groups excluding carboxylic acids is 2. The molecule has 1 aromatic rings. The van der Waals surface area contributed by atoms with Crippen LogP contribution in [0.1, 0.15) is 13.3 Å². The quantitative estimate of drug-likeness (QED) is 0.811. The zero-order valence-corrected chi connectivity index (χ0v) is 8.95. The van der Waals surface area contributed by atoms with Crippen LogP contribution in [0.15, 0.2) is 12.1 Å². The molecule has 1 heterocycles. The maximum atomic E-state index is 11.1. The Morgan fingerprint density at radius 1 is 1.33 bits per heavy atom.